The minimum Gasteiger partial charge on any atom is -0.352 e. The number of carbonyl (C=O) groups excluding carboxylic acids is 1. The lowest BCUT2D eigenvalue weighted by atomic mass is 9.98. The van der Waals surface area contributed by atoms with E-state index in [0.717, 1.165) is 23.3 Å². The van der Waals surface area contributed by atoms with E-state index in [1.54, 1.807) is 10.4 Å². The van der Waals surface area contributed by atoms with Gasteiger partial charge in [-0.2, -0.15) is 4.31 Å². The van der Waals surface area contributed by atoms with Gasteiger partial charge in [0.25, 0.3) is 10.0 Å². The van der Waals surface area contributed by atoms with Crippen molar-refractivity contribution in [3.63, 3.8) is 0 Å². The summed E-state index contributed by atoms with van der Waals surface area (Å²) < 4.78 is 27.7. The Hall–Kier alpha value is -1.96. The van der Waals surface area contributed by atoms with Crippen LogP contribution in [-0.2, 0) is 14.8 Å². The van der Waals surface area contributed by atoms with Crippen molar-refractivity contribution in [2.75, 3.05) is 19.6 Å². The Balaban J connectivity index is 1.64. The van der Waals surface area contributed by atoms with E-state index in [-0.39, 0.29) is 5.91 Å². The minimum absolute atomic E-state index is 0.188. The van der Waals surface area contributed by atoms with E-state index in [4.69, 9.17) is 0 Å². The SMILES string of the molecule is C=CC(=O)NCC1CCN(S(=O)(=O)c2ccc(-c3ccccc3)s2)CC1. The Labute approximate surface area is 158 Å². The van der Waals surface area contributed by atoms with E-state index in [1.807, 2.05) is 36.4 Å². The Morgan fingerprint density at radius 2 is 1.88 bits per heavy atom. The number of amides is 1. The molecule has 26 heavy (non-hydrogen) atoms. The molecule has 0 spiro atoms. The van der Waals surface area contributed by atoms with Crippen LogP contribution < -0.4 is 5.32 Å². The lowest BCUT2D eigenvalue weighted by Gasteiger charge is -2.30. The van der Waals surface area contributed by atoms with E-state index in [9.17, 15) is 13.2 Å². The summed E-state index contributed by atoms with van der Waals surface area (Å²) in [5.41, 5.74) is 1.02. The minimum atomic E-state index is -3.46. The highest BCUT2D eigenvalue weighted by Gasteiger charge is 2.30. The predicted octanol–water partition coefficient (Wildman–Crippen LogP) is 3.12. The number of hydrogen-bond donors (Lipinski definition) is 1. The largest absolute Gasteiger partial charge is 0.352 e. The summed E-state index contributed by atoms with van der Waals surface area (Å²) >= 11 is 1.31. The van der Waals surface area contributed by atoms with Crippen LogP contribution in [0.4, 0.5) is 0 Å². The third-order valence-electron chi connectivity index (χ3n) is 4.56. The Kier molecular flexibility index (Phi) is 5.90. The number of nitrogens with zero attached hydrogens (tertiary/aromatic N) is 1. The van der Waals surface area contributed by atoms with Crippen molar-refractivity contribution < 1.29 is 13.2 Å². The quantitative estimate of drug-likeness (QED) is 0.771. The molecular formula is C19H22N2O3S2. The summed E-state index contributed by atoms with van der Waals surface area (Å²) in [6.07, 6.45) is 2.74. The molecule has 0 bridgehead atoms. The average molecular weight is 391 g/mol. The van der Waals surface area contributed by atoms with Gasteiger partial charge in [0.15, 0.2) is 0 Å². The van der Waals surface area contributed by atoms with E-state index in [2.05, 4.69) is 11.9 Å². The van der Waals surface area contributed by atoms with Crippen molar-refractivity contribution in [3.05, 3.63) is 55.1 Å². The van der Waals surface area contributed by atoms with Gasteiger partial charge in [-0.05, 0) is 42.5 Å². The zero-order chi connectivity index (χ0) is 18.6. The van der Waals surface area contributed by atoms with Crippen LogP contribution in [0.25, 0.3) is 10.4 Å². The van der Waals surface area contributed by atoms with Gasteiger partial charge in [-0.1, -0.05) is 36.9 Å². The molecular weight excluding hydrogens is 368 g/mol. The zero-order valence-corrected chi connectivity index (χ0v) is 16.1. The molecule has 2 aromatic rings. The summed E-state index contributed by atoms with van der Waals surface area (Å²) in [6.45, 7) is 4.96. The van der Waals surface area contributed by atoms with Crippen LogP contribution in [0.3, 0.4) is 0 Å². The van der Waals surface area contributed by atoms with Crippen LogP contribution in [0.15, 0.2) is 59.3 Å². The van der Waals surface area contributed by atoms with Crippen LogP contribution in [-0.4, -0.2) is 38.3 Å². The van der Waals surface area contributed by atoms with Crippen molar-refractivity contribution in [2.45, 2.75) is 17.1 Å². The normalized spacial score (nSPS) is 16.3. The number of hydrogen-bond acceptors (Lipinski definition) is 4. The fraction of sp³-hybridized carbons (Fsp3) is 0.316. The van der Waals surface area contributed by atoms with Gasteiger partial charge in [0.05, 0.1) is 0 Å². The van der Waals surface area contributed by atoms with Gasteiger partial charge in [0.1, 0.15) is 4.21 Å². The number of rotatable bonds is 6. The van der Waals surface area contributed by atoms with Crippen molar-refractivity contribution in [3.8, 4) is 10.4 Å². The maximum absolute atomic E-state index is 12.9. The van der Waals surface area contributed by atoms with E-state index in [1.165, 1.54) is 17.4 Å². The topological polar surface area (TPSA) is 66.5 Å². The van der Waals surface area contributed by atoms with Crippen molar-refractivity contribution >= 4 is 27.3 Å². The second-order valence-electron chi connectivity index (χ2n) is 6.28. The molecule has 2 heterocycles. The molecule has 1 aliphatic heterocycles. The molecule has 1 aromatic carbocycles. The van der Waals surface area contributed by atoms with Crippen LogP contribution in [0.5, 0.6) is 0 Å². The number of nitrogens with one attached hydrogen (secondary N) is 1. The second kappa shape index (κ2) is 8.16. The van der Waals surface area contributed by atoms with E-state index in [0.29, 0.717) is 29.8 Å². The molecule has 7 heteroatoms. The molecule has 138 valence electrons. The van der Waals surface area contributed by atoms with Gasteiger partial charge >= 0.3 is 0 Å². The van der Waals surface area contributed by atoms with E-state index >= 15 is 0 Å². The standard InChI is InChI=1S/C19H22N2O3S2/c1-2-18(22)20-14-15-10-12-21(13-11-15)26(23,24)19-9-8-17(25-19)16-6-4-3-5-7-16/h2-9,15H,1,10-14H2,(H,20,22). The molecule has 0 atom stereocenters. The maximum Gasteiger partial charge on any atom is 0.252 e. The number of sulfonamides is 1. The van der Waals surface area contributed by atoms with E-state index < -0.39 is 10.0 Å². The fourth-order valence-electron chi connectivity index (χ4n) is 3.01. The van der Waals surface area contributed by atoms with Gasteiger partial charge in [0, 0.05) is 24.5 Å². The molecule has 5 nitrogen and oxygen atoms in total. The van der Waals surface area contributed by atoms with Crippen LogP contribution in [0, 0.1) is 5.92 Å². The molecule has 1 aliphatic rings. The third-order valence-corrected chi connectivity index (χ3v) is 8.06. The molecule has 1 aromatic heterocycles. The summed E-state index contributed by atoms with van der Waals surface area (Å²) in [4.78, 5) is 12.2. The number of benzene rings is 1. The number of piperidine rings is 1. The van der Waals surface area contributed by atoms with Crippen molar-refractivity contribution in [1.82, 2.24) is 9.62 Å². The first-order valence-electron chi connectivity index (χ1n) is 8.56. The third kappa shape index (κ3) is 4.23. The molecule has 0 saturated carbocycles. The predicted molar refractivity (Wildman–Crippen MR) is 104 cm³/mol. The van der Waals surface area contributed by atoms with Crippen LogP contribution >= 0.6 is 11.3 Å². The lowest BCUT2D eigenvalue weighted by Crippen LogP contribution is -2.41. The van der Waals surface area contributed by atoms with Gasteiger partial charge in [-0.25, -0.2) is 8.42 Å². The molecule has 3 rings (SSSR count). The summed E-state index contributed by atoms with van der Waals surface area (Å²) in [7, 11) is -3.46. The van der Waals surface area contributed by atoms with Crippen molar-refractivity contribution in [2.24, 2.45) is 5.92 Å². The maximum atomic E-state index is 12.9. The van der Waals surface area contributed by atoms with Gasteiger partial charge in [0.2, 0.25) is 5.91 Å². The first kappa shape index (κ1) is 18.8. The first-order chi connectivity index (χ1) is 12.5. The van der Waals surface area contributed by atoms with Gasteiger partial charge in [-0.3, -0.25) is 4.79 Å². The summed E-state index contributed by atoms with van der Waals surface area (Å²) in [6, 6.07) is 13.3. The lowest BCUT2D eigenvalue weighted by molar-refractivity contribution is -0.116. The first-order valence-corrected chi connectivity index (χ1v) is 10.8. The Morgan fingerprint density at radius 1 is 1.19 bits per heavy atom. The van der Waals surface area contributed by atoms with Gasteiger partial charge < -0.3 is 5.32 Å². The van der Waals surface area contributed by atoms with Gasteiger partial charge in [-0.15, -0.1) is 11.3 Å². The molecule has 0 radical (unpaired) electrons. The van der Waals surface area contributed by atoms with Crippen LogP contribution in [0.1, 0.15) is 12.8 Å². The second-order valence-corrected chi connectivity index (χ2v) is 9.53. The summed E-state index contributed by atoms with van der Waals surface area (Å²) in [5.74, 6) is 0.112. The highest BCUT2D eigenvalue weighted by molar-refractivity contribution is 7.91. The Morgan fingerprint density at radius 3 is 2.54 bits per heavy atom. The summed E-state index contributed by atoms with van der Waals surface area (Å²) in [5, 5.41) is 2.79. The zero-order valence-electron chi connectivity index (χ0n) is 14.4. The van der Waals surface area contributed by atoms with Crippen LogP contribution in [0.2, 0.25) is 0 Å². The smallest absolute Gasteiger partial charge is 0.252 e. The number of carbonyl (C=O) groups is 1. The highest BCUT2D eigenvalue weighted by atomic mass is 32.2. The molecule has 1 N–H and O–H groups in total. The molecule has 0 aliphatic carbocycles. The molecule has 1 fully saturated rings. The van der Waals surface area contributed by atoms with Crippen molar-refractivity contribution in [1.29, 1.82) is 0 Å². The molecule has 1 saturated heterocycles. The number of thiophene rings is 1. The molecule has 1 amide bonds. The highest BCUT2D eigenvalue weighted by Crippen LogP contribution is 2.33. The average Bonchev–Trinajstić information content (AvgIpc) is 3.18. The molecule has 0 unspecified atom stereocenters. The monoisotopic (exact) mass is 390 g/mol. The Bertz CT molecular complexity index is 867. The fourth-order valence-corrected chi connectivity index (χ4v) is 5.95.